The number of hydrogen-bond donors (Lipinski definition) is 0. The van der Waals surface area contributed by atoms with Crippen LogP contribution in [0.25, 0.3) is 11.0 Å². The number of benzene rings is 1. The Morgan fingerprint density at radius 2 is 1.75 bits per heavy atom. The van der Waals surface area contributed by atoms with Gasteiger partial charge in [0, 0.05) is 22.4 Å². The molecule has 0 aliphatic heterocycles. The Labute approximate surface area is 117 Å². The van der Waals surface area contributed by atoms with Crippen LogP contribution in [0, 0.1) is 0 Å². The van der Waals surface area contributed by atoms with E-state index in [9.17, 15) is 4.79 Å². The van der Waals surface area contributed by atoms with E-state index in [2.05, 4.69) is 6.58 Å². The molecule has 4 nitrogen and oxygen atoms in total. The molecule has 0 unspecified atom stereocenters. The highest BCUT2D eigenvalue weighted by atomic mass is 16.5. The van der Waals surface area contributed by atoms with Gasteiger partial charge >= 0.3 is 5.63 Å². The highest BCUT2D eigenvalue weighted by molar-refractivity contribution is 5.81. The van der Waals surface area contributed by atoms with Crippen molar-refractivity contribution in [3.8, 4) is 11.5 Å². The van der Waals surface area contributed by atoms with E-state index in [-0.39, 0.29) is 5.63 Å². The molecule has 0 amide bonds. The lowest BCUT2D eigenvalue weighted by Gasteiger charge is -2.19. The van der Waals surface area contributed by atoms with Gasteiger partial charge in [-0.3, -0.25) is 0 Å². The Balaban J connectivity index is 2.76. The molecule has 0 fully saturated rings. The van der Waals surface area contributed by atoms with Gasteiger partial charge in [0.15, 0.2) is 11.5 Å². The Bertz CT molecular complexity index is 710. The Hall–Kier alpha value is -2.23. The summed E-state index contributed by atoms with van der Waals surface area (Å²) in [5.74, 6) is 1.12. The van der Waals surface area contributed by atoms with Gasteiger partial charge in [0.25, 0.3) is 0 Å². The summed E-state index contributed by atoms with van der Waals surface area (Å²) in [6.45, 7) is 7.60. The highest BCUT2D eigenvalue weighted by Crippen LogP contribution is 2.33. The van der Waals surface area contributed by atoms with E-state index in [0.29, 0.717) is 22.6 Å². The number of methoxy groups -OCH3 is 2. The van der Waals surface area contributed by atoms with E-state index in [0.717, 1.165) is 5.39 Å². The van der Waals surface area contributed by atoms with E-state index in [1.165, 1.54) is 7.11 Å². The van der Waals surface area contributed by atoms with Crippen molar-refractivity contribution in [1.82, 2.24) is 0 Å². The minimum Gasteiger partial charge on any atom is -0.493 e. The van der Waals surface area contributed by atoms with Gasteiger partial charge in [-0.1, -0.05) is 19.9 Å². The molecule has 0 aliphatic carbocycles. The zero-order valence-electron chi connectivity index (χ0n) is 12.1. The van der Waals surface area contributed by atoms with Crippen LogP contribution in [0.1, 0.15) is 19.4 Å². The molecular formula is C16H18O4. The molecule has 0 saturated carbocycles. The van der Waals surface area contributed by atoms with E-state index in [1.54, 1.807) is 25.3 Å². The smallest absolute Gasteiger partial charge is 0.340 e. The third-order valence-corrected chi connectivity index (χ3v) is 3.44. The van der Waals surface area contributed by atoms with Gasteiger partial charge in [0.05, 0.1) is 14.2 Å². The first-order chi connectivity index (χ1) is 9.42. The maximum atomic E-state index is 12.1. The van der Waals surface area contributed by atoms with Crippen molar-refractivity contribution in [1.29, 1.82) is 0 Å². The fourth-order valence-electron chi connectivity index (χ4n) is 2.01. The SMILES string of the molecule is C=CC(C)(C)c1cc2cc(OC)c(OC)cc2oc1=O. The summed E-state index contributed by atoms with van der Waals surface area (Å²) in [5.41, 5.74) is 0.208. The fraction of sp³-hybridized carbons (Fsp3) is 0.312. The minimum absolute atomic E-state index is 0.366. The van der Waals surface area contributed by atoms with Crippen molar-refractivity contribution in [2.75, 3.05) is 14.2 Å². The van der Waals surface area contributed by atoms with Gasteiger partial charge in [-0.25, -0.2) is 4.79 Å². The molecule has 0 N–H and O–H groups in total. The second-order valence-electron chi connectivity index (χ2n) is 5.12. The van der Waals surface area contributed by atoms with E-state index >= 15 is 0 Å². The van der Waals surface area contributed by atoms with Crippen molar-refractivity contribution in [2.24, 2.45) is 0 Å². The van der Waals surface area contributed by atoms with Crippen molar-refractivity contribution >= 4 is 11.0 Å². The van der Waals surface area contributed by atoms with Gasteiger partial charge in [-0.2, -0.15) is 0 Å². The van der Waals surface area contributed by atoms with Gasteiger partial charge < -0.3 is 13.9 Å². The summed E-state index contributed by atoms with van der Waals surface area (Å²) >= 11 is 0. The largest absolute Gasteiger partial charge is 0.493 e. The molecule has 0 atom stereocenters. The number of rotatable bonds is 4. The third kappa shape index (κ3) is 2.29. The molecule has 1 heterocycles. The molecule has 2 rings (SSSR count). The molecule has 0 radical (unpaired) electrons. The van der Waals surface area contributed by atoms with E-state index in [4.69, 9.17) is 13.9 Å². The first kappa shape index (κ1) is 14.2. The first-order valence-corrected chi connectivity index (χ1v) is 6.27. The Morgan fingerprint density at radius 3 is 2.30 bits per heavy atom. The quantitative estimate of drug-likeness (QED) is 0.634. The summed E-state index contributed by atoms with van der Waals surface area (Å²) in [7, 11) is 3.11. The highest BCUT2D eigenvalue weighted by Gasteiger charge is 2.22. The lowest BCUT2D eigenvalue weighted by atomic mass is 9.85. The third-order valence-electron chi connectivity index (χ3n) is 3.44. The Morgan fingerprint density at radius 1 is 1.15 bits per heavy atom. The number of fused-ring (bicyclic) bond motifs is 1. The standard InChI is InChI=1S/C16H18O4/c1-6-16(2,3)11-7-10-8-13(18-4)14(19-5)9-12(10)20-15(11)17/h6-9H,1H2,2-5H3. The average Bonchev–Trinajstić information content (AvgIpc) is 2.44. The van der Waals surface area contributed by atoms with Crippen LogP contribution in [0.5, 0.6) is 11.5 Å². The molecule has 0 spiro atoms. The van der Waals surface area contributed by atoms with Crippen LogP contribution in [0.3, 0.4) is 0 Å². The fourth-order valence-corrected chi connectivity index (χ4v) is 2.01. The van der Waals surface area contributed by atoms with Crippen LogP contribution in [-0.4, -0.2) is 14.2 Å². The normalized spacial score (nSPS) is 11.4. The summed E-state index contributed by atoms with van der Waals surface area (Å²) in [6, 6.07) is 5.25. The van der Waals surface area contributed by atoms with Crippen molar-refractivity contribution in [2.45, 2.75) is 19.3 Å². The van der Waals surface area contributed by atoms with E-state index in [1.807, 2.05) is 19.9 Å². The van der Waals surface area contributed by atoms with E-state index < -0.39 is 5.41 Å². The second kappa shape index (κ2) is 5.04. The van der Waals surface area contributed by atoms with Crippen LogP contribution in [0.15, 0.2) is 40.1 Å². The lowest BCUT2D eigenvalue weighted by Crippen LogP contribution is -2.22. The molecule has 20 heavy (non-hydrogen) atoms. The average molecular weight is 274 g/mol. The van der Waals surface area contributed by atoms with Gasteiger partial charge in [0.1, 0.15) is 5.58 Å². The summed E-state index contributed by atoms with van der Waals surface area (Å²) < 4.78 is 15.8. The van der Waals surface area contributed by atoms with Crippen molar-refractivity contribution in [3.05, 3.63) is 46.8 Å². The molecule has 106 valence electrons. The van der Waals surface area contributed by atoms with Gasteiger partial charge in [-0.05, 0) is 12.1 Å². The predicted octanol–water partition coefficient (Wildman–Crippen LogP) is 3.27. The van der Waals surface area contributed by atoms with Crippen LogP contribution in [0.2, 0.25) is 0 Å². The predicted molar refractivity (Wildman–Crippen MR) is 78.8 cm³/mol. The molecular weight excluding hydrogens is 256 g/mol. The van der Waals surface area contributed by atoms with Crippen LogP contribution in [-0.2, 0) is 5.41 Å². The van der Waals surface area contributed by atoms with Crippen LogP contribution in [0.4, 0.5) is 0 Å². The Kier molecular flexibility index (Phi) is 3.57. The number of allylic oxidation sites excluding steroid dienone is 1. The van der Waals surface area contributed by atoms with Gasteiger partial charge in [0.2, 0.25) is 0 Å². The molecule has 4 heteroatoms. The molecule has 0 bridgehead atoms. The molecule has 0 aliphatic rings. The van der Waals surface area contributed by atoms with Crippen molar-refractivity contribution in [3.63, 3.8) is 0 Å². The number of hydrogen-bond acceptors (Lipinski definition) is 4. The second-order valence-corrected chi connectivity index (χ2v) is 5.12. The summed E-state index contributed by atoms with van der Waals surface area (Å²) in [4.78, 5) is 12.1. The van der Waals surface area contributed by atoms with Crippen LogP contribution < -0.4 is 15.1 Å². The van der Waals surface area contributed by atoms with Crippen molar-refractivity contribution < 1.29 is 13.9 Å². The maximum Gasteiger partial charge on any atom is 0.340 e. The molecule has 1 aromatic carbocycles. The minimum atomic E-state index is -0.456. The zero-order valence-corrected chi connectivity index (χ0v) is 12.1. The monoisotopic (exact) mass is 274 g/mol. The maximum absolute atomic E-state index is 12.1. The molecule has 0 saturated heterocycles. The summed E-state index contributed by atoms with van der Waals surface area (Å²) in [6.07, 6.45) is 1.73. The molecule has 1 aromatic heterocycles. The molecule has 2 aromatic rings. The topological polar surface area (TPSA) is 48.7 Å². The van der Waals surface area contributed by atoms with Gasteiger partial charge in [-0.15, -0.1) is 6.58 Å². The number of ether oxygens (including phenoxy) is 2. The zero-order chi connectivity index (χ0) is 14.9. The van der Waals surface area contributed by atoms with Crippen LogP contribution >= 0.6 is 0 Å². The lowest BCUT2D eigenvalue weighted by molar-refractivity contribution is 0.355. The summed E-state index contributed by atoms with van der Waals surface area (Å²) in [5, 5.41) is 0.784. The first-order valence-electron chi connectivity index (χ1n) is 6.27.